The van der Waals surface area contributed by atoms with E-state index in [-0.39, 0.29) is 6.54 Å². The molecule has 2 amide bonds. The number of amides is 2. The van der Waals surface area contributed by atoms with Gasteiger partial charge in [-0.1, -0.05) is 0 Å². The quantitative estimate of drug-likeness (QED) is 0.692. The van der Waals surface area contributed by atoms with Crippen LogP contribution < -0.4 is 10.6 Å². The molecule has 0 aliphatic carbocycles. The van der Waals surface area contributed by atoms with Crippen molar-refractivity contribution in [2.24, 2.45) is 0 Å². The SMILES string of the molecule is Cc1cc(C=N)c(NC(=O)OC(C)(C)C)cc1CNC(=O)OC(C)(C)C. The lowest BCUT2D eigenvalue weighted by atomic mass is 10.0. The molecule has 0 spiro atoms. The zero-order valence-electron chi connectivity index (χ0n) is 16.6. The highest BCUT2D eigenvalue weighted by Gasteiger charge is 2.19. The minimum Gasteiger partial charge on any atom is -0.444 e. The predicted molar refractivity (Wildman–Crippen MR) is 102 cm³/mol. The van der Waals surface area contributed by atoms with E-state index in [0.29, 0.717) is 11.3 Å². The second-order valence-electron chi connectivity index (χ2n) is 7.99. The predicted octanol–water partition coefficient (Wildman–Crippen LogP) is 4.36. The van der Waals surface area contributed by atoms with Gasteiger partial charge in [0.1, 0.15) is 11.2 Å². The van der Waals surface area contributed by atoms with Crippen molar-refractivity contribution in [3.05, 3.63) is 28.8 Å². The maximum absolute atomic E-state index is 12.0. The average Bonchev–Trinajstić information content (AvgIpc) is 2.43. The molecule has 7 nitrogen and oxygen atoms in total. The molecule has 0 saturated carbocycles. The number of benzene rings is 1. The summed E-state index contributed by atoms with van der Waals surface area (Å²) in [5, 5.41) is 12.9. The van der Waals surface area contributed by atoms with Crippen LogP contribution in [0.15, 0.2) is 12.1 Å². The van der Waals surface area contributed by atoms with E-state index in [1.807, 2.05) is 6.92 Å². The summed E-state index contributed by atoms with van der Waals surface area (Å²) in [6.45, 7) is 12.8. The summed E-state index contributed by atoms with van der Waals surface area (Å²) in [5.41, 5.74) is 1.48. The Kier molecular flexibility index (Phi) is 6.78. The number of hydrogen-bond donors (Lipinski definition) is 3. The van der Waals surface area contributed by atoms with Crippen molar-refractivity contribution >= 4 is 24.1 Å². The topological polar surface area (TPSA) is 101 Å². The van der Waals surface area contributed by atoms with Gasteiger partial charge in [-0.25, -0.2) is 9.59 Å². The van der Waals surface area contributed by atoms with Gasteiger partial charge in [-0.05, 0) is 71.7 Å². The molecule has 0 atom stereocenters. The molecule has 0 aromatic heterocycles. The molecule has 26 heavy (non-hydrogen) atoms. The maximum atomic E-state index is 12.0. The van der Waals surface area contributed by atoms with Crippen molar-refractivity contribution in [2.45, 2.75) is 66.2 Å². The van der Waals surface area contributed by atoms with Gasteiger partial charge in [0.15, 0.2) is 0 Å². The molecule has 0 bridgehead atoms. The summed E-state index contributed by atoms with van der Waals surface area (Å²) in [7, 11) is 0. The fraction of sp³-hybridized carbons (Fsp3) is 0.526. The molecule has 0 heterocycles. The first-order chi connectivity index (χ1) is 11.8. The number of carbonyl (C=O) groups excluding carboxylic acids is 2. The highest BCUT2D eigenvalue weighted by atomic mass is 16.6. The molecule has 0 fully saturated rings. The van der Waals surface area contributed by atoms with Crippen LogP contribution in [-0.4, -0.2) is 29.6 Å². The molecule has 144 valence electrons. The van der Waals surface area contributed by atoms with Gasteiger partial charge >= 0.3 is 12.2 Å². The molecule has 0 saturated heterocycles. The van der Waals surface area contributed by atoms with Crippen LogP contribution in [0.2, 0.25) is 0 Å². The zero-order valence-corrected chi connectivity index (χ0v) is 16.6. The van der Waals surface area contributed by atoms with E-state index >= 15 is 0 Å². The molecule has 0 aliphatic rings. The summed E-state index contributed by atoms with van der Waals surface area (Å²) in [6.07, 6.45) is 0.0373. The Bertz CT molecular complexity index is 685. The third kappa shape index (κ3) is 7.55. The van der Waals surface area contributed by atoms with Crippen molar-refractivity contribution in [3.8, 4) is 0 Å². The highest BCUT2D eigenvalue weighted by Crippen LogP contribution is 2.21. The molecule has 0 unspecified atom stereocenters. The van der Waals surface area contributed by atoms with Crippen LogP contribution in [0.5, 0.6) is 0 Å². The molecular formula is C19H29N3O4. The molecule has 3 N–H and O–H groups in total. The van der Waals surface area contributed by atoms with Crippen LogP contribution in [0, 0.1) is 12.3 Å². The summed E-state index contributed by atoms with van der Waals surface area (Å²) in [4.78, 5) is 23.8. The summed E-state index contributed by atoms with van der Waals surface area (Å²) < 4.78 is 10.5. The first-order valence-corrected chi connectivity index (χ1v) is 8.41. The highest BCUT2D eigenvalue weighted by molar-refractivity contribution is 5.94. The third-order valence-corrected chi connectivity index (χ3v) is 3.12. The van der Waals surface area contributed by atoms with Gasteiger partial charge < -0.3 is 20.2 Å². The molecule has 7 heteroatoms. The standard InChI is InChI=1S/C19H29N3O4/c1-12-8-13(10-20)15(22-17(24)26-19(5,6)7)9-14(12)11-21-16(23)25-18(2,3)4/h8-10,20H,11H2,1-7H3,(H,21,23)(H,22,24). The number of carbonyl (C=O) groups is 2. The molecule has 0 aliphatic heterocycles. The van der Waals surface area contributed by atoms with Crippen LogP contribution in [-0.2, 0) is 16.0 Å². The first-order valence-electron chi connectivity index (χ1n) is 8.41. The first kappa shape index (κ1) is 21.5. The van der Waals surface area contributed by atoms with Crippen LogP contribution in [0.4, 0.5) is 15.3 Å². The Morgan fingerprint density at radius 2 is 1.58 bits per heavy atom. The molecular weight excluding hydrogens is 334 g/mol. The zero-order chi connectivity index (χ0) is 20.1. The van der Waals surface area contributed by atoms with Gasteiger partial charge in [0.25, 0.3) is 0 Å². The van der Waals surface area contributed by atoms with Crippen molar-refractivity contribution in [2.75, 3.05) is 5.32 Å². The van der Waals surface area contributed by atoms with Crippen LogP contribution >= 0.6 is 0 Å². The maximum Gasteiger partial charge on any atom is 0.412 e. The number of aryl methyl sites for hydroxylation is 1. The van der Waals surface area contributed by atoms with E-state index in [1.54, 1.807) is 53.7 Å². The molecule has 1 rings (SSSR count). The molecule has 1 aromatic carbocycles. The molecule has 0 radical (unpaired) electrons. The Hall–Kier alpha value is -2.57. The van der Waals surface area contributed by atoms with Crippen molar-refractivity contribution in [1.82, 2.24) is 5.32 Å². The van der Waals surface area contributed by atoms with Gasteiger partial charge in [-0.15, -0.1) is 0 Å². The largest absolute Gasteiger partial charge is 0.444 e. The Balaban J connectivity index is 2.92. The van der Waals surface area contributed by atoms with Crippen LogP contribution in [0.3, 0.4) is 0 Å². The van der Waals surface area contributed by atoms with E-state index in [2.05, 4.69) is 10.6 Å². The lowest BCUT2D eigenvalue weighted by Gasteiger charge is -2.21. The van der Waals surface area contributed by atoms with Crippen molar-refractivity contribution < 1.29 is 19.1 Å². The lowest BCUT2D eigenvalue weighted by molar-refractivity contribution is 0.0522. The average molecular weight is 363 g/mol. The van der Waals surface area contributed by atoms with E-state index in [4.69, 9.17) is 14.9 Å². The van der Waals surface area contributed by atoms with Crippen LogP contribution in [0.25, 0.3) is 0 Å². The fourth-order valence-corrected chi connectivity index (χ4v) is 2.09. The van der Waals surface area contributed by atoms with E-state index < -0.39 is 23.4 Å². The van der Waals surface area contributed by atoms with Crippen LogP contribution in [0.1, 0.15) is 58.2 Å². The minimum absolute atomic E-state index is 0.238. The number of alkyl carbamates (subject to hydrolysis) is 1. The number of hydrogen-bond acceptors (Lipinski definition) is 5. The second kappa shape index (κ2) is 8.21. The normalized spacial score (nSPS) is 11.5. The van der Waals surface area contributed by atoms with Gasteiger partial charge in [0.05, 0.1) is 5.69 Å². The number of nitrogens with one attached hydrogen (secondary N) is 3. The fourth-order valence-electron chi connectivity index (χ4n) is 2.09. The minimum atomic E-state index is -0.624. The van der Waals surface area contributed by atoms with Gasteiger partial charge in [-0.2, -0.15) is 0 Å². The molecule has 1 aromatic rings. The third-order valence-electron chi connectivity index (χ3n) is 3.12. The number of rotatable bonds is 4. The van der Waals surface area contributed by atoms with E-state index in [1.165, 1.54) is 0 Å². The summed E-state index contributed by atoms with van der Waals surface area (Å²) in [5.74, 6) is 0. The Labute approximate surface area is 155 Å². The van der Waals surface area contributed by atoms with Gasteiger partial charge in [0.2, 0.25) is 0 Å². The van der Waals surface area contributed by atoms with Gasteiger partial charge in [-0.3, -0.25) is 5.32 Å². The second-order valence-corrected chi connectivity index (χ2v) is 7.99. The summed E-state index contributed by atoms with van der Waals surface area (Å²) >= 11 is 0. The van der Waals surface area contributed by atoms with E-state index in [0.717, 1.165) is 17.3 Å². The Morgan fingerprint density at radius 1 is 1.04 bits per heavy atom. The number of anilines is 1. The van der Waals surface area contributed by atoms with Crippen molar-refractivity contribution in [3.63, 3.8) is 0 Å². The van der Waals surface area contributed by atoms with Gasteiger partial charge in [0, 0.05) is 18.3 Å². The number of ether oxygens (including phenoxy) is 2. The van der Waals surface area contributed by atoms with Crippen molar-refractivity contribution in [1.29, 1.82) is 5.41 Å². The van der Waals surface area contributed by atoms with E-state index in [9.17, 15) is 9.59 Å². The Morgan fingerprint density at radius 3 is 2.08 bits per heavy atom. The lowest BCUT2D eigenvalue weighted by Crippen LogP contribution is -2.32. The summed E-state index contributed by atoms with van der Waals surface area (Å²) in [6, 6.07) is 3.49. The smallest absolute Gasteiger partial charge is 0.412 e. The monoisotopic (exact) mass is 363 g/mol.